The van der Waals surface area contributed by atoms with Crippen molar-refractivity contribution in [1.82, 2.24) is 4.98 Å². The van der Waals surface area contributed by atoms with Gasteiger partial charge in [0, 0.05) is 40.9 Å². The van der Waals surface area contributed by atoms with Gasteiger partial charge in [-0.2, -0.15) is 0 Å². The fourth-order valence-electron chi connectivity index (χ4n) is 5.26. The van der Waals surface area contributed by atoms with Crippen molar-refractivity contribution in [1.29, 1.82) is 0 Å². The molecule has 0 aliphatic carbocycles. The predicted octanol–water partition coefficient (Wildman–Crippen LogP) is 4.67. The number of aliphatic hydroxyl groups is 2. The lowest BCUT2D eigenvalue weighted by Crippen LogP contribution is -2.44. The van der Waals surface area contributed by atoms with Crippen LogP contribution in [-0.4, -0.2) is 40.7 Å². The van der Waals surface area contributed by atoms with Gasteiger partial charge in [0.15, 0.2) is 5.60 Å². The van der Waals surface area contributed by atoms with Crippen molar-refractivity contribution in [3.8, 4) is 5.75 Å². The number of aromatic amines is 1. The van der Waals surface area contributed by atoms with E-state index in [0.717, 1.165) is 22.0 Å². The van der Waals surface area contributed by atoms with Gasteiger partial charge in [0.25, 0.3) is 5.91 Å². The molecule has 2 atom stereocenters. The second-order valence-electron chi connectivity index (χ2n) is 10.1. The van der Waals surface area contributed by atoms with Crippen LogP contribution in [0.25, 0.3) is 10.9 Å². The van der Waals surface area contributed by atoms with E-state index >= 15 is 0 Å². The first-order chi connectivity index (χ1) is 19.3. The van der Waals surface area contributed by atoms with Crippen LogP contribution in [0.1, 0.15) is 30.0 Å². The second-order valence-corrected chi connectivity index (χ2v) is 10.1. The molecule has 2 heterocycles. The number of anilines is 2. The molecule has 2 amide bonds. The Morgan fingerprint density at radius 3 is 2.67 bits per heavy atom. The van der Waals surface area contributed by atoms with E-state index in [1.54, 1.807) is 49.3 Å². The van der Waals surface area contributed by atoms with E-state index in [4.69, 9.17) is 9.84 Å². The van der Waals surface area contributed by atoms with Crippen molar-refractivity contribution in [3.63, 3.8) is 0 Å². The Labute approximate surface area is 232 Å². The van der Waals surface area contributed by atoms with E-state index in [-0.39, 0.29) is 25.5 Å². The molecule has 5 rings (SSSR count). The summed E-state index contributed by atoms with van der Waals surface area (Å²) >= 11 is 0. The molecule has 0 saturated heterocycles. The highest BCUT2D eigenvalue weighted by atomic mass is 16.5. The Hall–Kier alpha value is -4.40. The molecule has 1 aliphatic rings. The maximum absolute atomic E-state index is 13.7. The number of methoxy groups -OCH3 is 1. The van der Waals surface area contributed by atoms with Crippen molar-refractivity contribution >= 4 is 34.1 Å². The zero-order chi connectivity index (χ0) is 28.3. The molecule has 0 radical (unpaired) electrons. The van der Waals surface area contributed by atoms with Crippen molar-refractivity contribution in [2.75, 3.05) is 23.9 Å². The fraction of sp³-hybridized carbons (Fsp3) is 0.250. The number of H-pyrrole nitrogens is 1. The van der Waals surface area contributed by atoms with Gasteiger partial charge in [-0.05, 0) is 53.9 Å². The van der Waals surface area contributed by atoms with Crippen LogP contribution in [-0.2, 0) is 28.2 Å². The molecule has 0 bridgehead atoms. The third-order valence-electron chi connectivity index (χ3n) is 7.46. The zero-order valence-electron chi connectivity index (χ0n) is 22.6. The molecule has 1 aliphatic heterocycles. The molecule has 40 heavy (non-hydrogen) atoms. The molecule has 3 aromatic carbocycles. The number of hydrogen-bond donors (Lipinski definition) is 4. The second kappa shape index (κ2) is 11.4. The maximum atomic E-state index is 13.7. The number of nitrogens with zero attached hydrogens (tertiary/aromatic N) is 1. The van der Waals surface area contributed by atoms with Gasteiger partial charge in [-0.3, -0.25) is 9.59 Å². The minimum atomic E-state index is -1.77. The summed E-state index contributed by atoms with van der Waals surface area (Å²) in [5.41, 5.74) is 2.76. The quantitative estimate of drug-likeness (QED) is 0.219. The maximum Gasteiger partial charge on any atom is 0.264 e. The number of fused-ring (bicyclic) bond motifs is 2. The highest BCUT2D eigenvalue weighted by Gasteiger charge is 2.52. The summed E-state index contributed by atoms with van der Waals surface area (Å²) in [6, 6.07) is 20.5. The minimum absolute atomic E-state index is 0.00833. The van der Waals surface area contributed by atoms with Crippen LogP contribution in [0.5, 0.6) is 5.75 Å². The van der Waals surface area contributed by atoms with Gasteiger partial charge in [-0.15, -0.1) is 0 Å². The third kappa shape index (κ3) is 5.11. The first kappa shape index (κ1) is 27.2. The van der Waals surface area contributed by atoms with E-state index in [2.05, 4.69) is 10.3 Å². The summed E-state index contributed by atoms with van der Waals surface area (Å²) < 4.78 is 5.37. The Balaban J connectivity index is 1.32. The number of carbonyl (C=O) groups is 2. The molecule has 8 nitrogen and oxygen atoms in total. The molecule has 0 fully saturated rings. The molecule has 1 aromatic heterocycles. The van der Waals surface area contributed by atoms with Crippen LogP contribution in [0.2, 0.25) is 0 Å². The normalized spacial score (nSPS) is 17.4. The number of aliphatic hydroxyl groups excluding tert-OH is 1. The van der Waals surface area contributed by atoms with Crippen LogP contribution in [0, 0.1) is 5.92 Å². The molecule has 0 saturated carbocycles. The standard InChI is InChI=1S/C32H33N3O5/c1-21(7-5-6-16-36)32(39)27-18-25(40-2)14-15-29(27)35(31(32)38)20-22-10-12-24(13-11-22)34-30(37)17-23-19-33-28-9-4-3-8-26(23)28/h3-5,7-15,18-19,21,33,36,39H,6,16-17,20H2,1-2H3,(H,34,37)/b7-5+/t21-,32+/m0/s1. The average molecular weight is 540 g/mol. The summed E-state index contributed by atoms with van der Waals surface area (Å²) in [6.45, 7) is 2.02. The number of ether oxygens (including phenoxy) is 1. The van der Waals surface area contributed by atoms with Crippen molar-refractivity contribution < 1.29 is 24.5 Å². The Morgan fingerprint density at radius 2 is 1.93 bits per heavy atom. The summed E-state index contributed by atoms with van der Waals surface area (Å²) in [7, 11) is 1.54. The molecular weight excluding hydrogens is 506 g/mol. The van der Waals surface area contributed by atoms with Gasteiger partial charge >= 0.3 is 0 Å². The van der Waals surface area contributed by atoms with Crippen LogP contribution < -0.4 is 15.0 Å². The lowest BCUT2D eigenvalue weighted by atomic mass is 9.83. The number of carbonyl (C=O) groups excluding carboxylic acids is 2. The smallest absolute Gasteiger partial charge is 0.264 e. The average Bonchev–Trinajstić information content (AvgIpc) is 3.46. The minimum Gasteiger partial charge on any atom is -0.497 e. The molecule has 8 heteroatoms. The summed E-state index contributed by atoms with van der Waals surface area (Å²) in [6.07, 6.45) is 6.07. The molecule has 206 valence electrons. The first-order valence-corrected chi connectivity index (χ1v) is 13.3. The Bertz CT molecular complexity index is 1560. The number of benzene rings is 3. The predicted molar refractivity (Wildman–Crippen MR) is 155 cm³/mol. The molecule has 0 spiro atoms. The number of hydrogen-bond acceptors (Lipinski definition) is 5. The Morgan fingerprint density at radius 1 is 1.15 bits per heavy atom. The van der Waals surface area contributed by atoms with E-state index < -0.39 is 17.4 Å². The topological polar surface area (TPSA) is 115 Å². The van der Waals surface area contributed by atoms with Crippen molar-refractivity contribution in [3.05, 3.63) is 102 Å². The summed E-state index contributed by atoms with van der Waals surface area (Å²) in [4.78, 5) is 31.2. The summed E-state index contributed by atoms with van der Waals surface area (Å²) in [5.74, 6) is -0.528. The molecular formula is C32H33N3O5. The van der Waals surface area contributed by atoms with E-state index in [1.165, 1.54) is 0 Å². The van der Waals surface area contributed by atoms with Gasteiger partial charge in [0.1, 0.15) is 5.75 Å². The highest BCUT2D eigenvalue weighted by molar-refractivity contribution is 6.07. The van der Waals surface area contributed by atoms with Gasteiger partial charge in [0.2, 0.25) is 5.91 Å². The van der Waals surface area contributed by atoms with Crippen LogP contribution in [0.3, 0.4) is 0 Å². The Kier molecular flexibility index (Phi) is 7.73. The van der Waals surface area contributed by atoms with E-state index in [0.29, 0.717) is 29.1 Å². The van der Waals surface area contributed by atoms with E-state index in [9.17, 15) is 14.7 Å². The summed E-state index contributed by atoms with van der Waals surface area (Å²) in [5, 5.41) is 24.8. The van der Waals surface area contributed by atoms with Gasteiger partial charge in [-0.25, -0.2) is 0 Å². The monoisotopic (exact) mass is 539 g/mol. The highest BCUT2D eigenvalue weighted by Crippen LogP contribution is 2.47. The largest absolute Gasteiger partial charge is 0.497 e. The first-order valence-electron chi connectivity index (χ1n) is 13.3. The number of aromatic nitrogens is 1. The number of rotatable bonds is 10. The lowest BCUT2D eigenvalue weighted by Gasteiger charge is -2.27. The van der Waals surface area contributed by atoms with Crippen LogP contribution in [0.15, 0.2) is 85.1 Å². The van der Waals surface area contributed by atoms with Gasteiger partial charge in [0.05, 0.1) is 25.8 Å². The molecule has 4 aromatic rings. The van der Waals surface area contributed by atoms with Gasteiger partial charge < -0.3 is 30.2 Å². The fourth-order valence-corrected chi connectivity index (χ4v) is 5.26. The van der Waals surface area contributed by atoms with Gasteiger partial charge in [-0.1, -0.05) is 49.4 Å². The van der Waals surface area contributed by atoms with Crippen LogP contribution >= 0.6 is 0 Å². The molecule has 0 unspecified atom stereocenters. The third-order valence-corrected chi connectivity index (χ3v) is 7.46. The van der Waals surface area contributed by atoms with Crippen molar-refractivity contribution in [2.45, 2.75) is 31.9 Å². The van der Waals surface area contributed by atoms with Crippen LogP contribution in [0.4, 0.5) is 11.4 Å². The number of para-hydroxylation sites is 1. The van der Waals surface area contributed by atoms with E-state index in [1.807, 2.05) is 54.7 Å². The number of amides is 2. The van der Waals surface area contributed by atoms with Crippen molar-refractivity contribution in [2.24, 2.45) is 5.92 Å². The number of nitrogens with one attached hydrogen (secondary N) is 2. The SMILES string of the molecule is COc1ccc2c(c1)[C@](O)([C@@H](C)/C=C/CCO)C(=O)N2Cc1ccc(NC(=O)Cc2c[nH]c3ccccc23)cc1. The zero-order valence-corrected chi connectivity index (χ0v) is 22.6. The lowest BCUT2D eigenvalue weighted by molar-refractivity contribution is -0.139. The molecule has 4 N–H and O–H groups in total.